The first-order valence-corrected chi connectivity index (χ1v) is 8.08. The number of fused-ring (bicyclic) bond motifs is 1. The Morgan fingerprint density at radius 1 is 1.16 bits per heavy atom. The van der Waals surface area contributed by atoms with Crippen molar-refractivity contribution in [2.24, 2.45) is 0 Å². The molecule has 0 aliphatic heterocycles. The summed E-state index contributed by atoms with van der Waals surface area (Å²) < 4.78 is 18.8. The summed E-state index contributed by atoms with van der Waals surface area (Å²) in [5.74, 6) is 0.354. The first-order valence-electron chi connectivity index (χ1n) is 8.08. The molecule has 5 nitrogen and oxygen atoms in total. The van der Waals surface area contributed by atoms with Crippen LogP contribution in [0.2, 0.25) is 0 Å². The largest absolute Gasteiger partial charge is 0.494 e. The van der Waals surface area contributed by atoms with Gasteiger partial charge in [0, 0.05) is 6.04 Å². The van der Waals surface area contributed by atoms with Crippen molar-refractivity contribution in [2.75, 3.05) is 7.11 Å². The maximum atomic E-state index is 13.9. The Kier molecular flexibility index (Phi) is 4.81. The fraction of sp³-hybridized carbons (Fsp3) is 0.263. The Morgan fingerprint density at radius 2 is 1.92 bits per heavy atom. The van der Waals surface area contributed by atoms with Crippen LogP contribution in [0.5, 0.6) is 5.75 Å². The average molecular weight is 341 g/mol. The molecule has 0 saturated carbocycles. The number of H-pyrrole nitrogens is 1. The predicted octanol–water partition coefficient (Wildman–Crippen LogP) is 3.48. The van der Waals surface area contributed by atoms with Crippen LogP contribution < -0.4 is 15.6 Å². The number of halogens is 1. The lowest BCUT2D eigenvalue weighted by molar-refractivity contribution is 0.385. The number of hydrogen-bond donors (Lipinski definition) is 2. The van der Waals surface area contributed by atoms with Gasteiger partial charge in [-0.1, -0.05) is 18.2 Å². The summed E-state index contributed by atoms with van der Waals surface area (Å²) in [4.78, 5) is 19.5. The molecule has 0 unspecified atom stereocenters. The number of rotatable bonds is 5. The molecule has 3 rings (SSSR count). The van der Waals surface area contributed by atoms with E-state index in [4.69, 9.17) is 4.74 Å². The zero-order chi connectivity index (χ0) is 18.0. The van der Waals surface area contributed by atoms with E-state index < -0.39 is 5.82 Å². The minimum absolute atomic E-state index is 0.132. The van der Waals surface area contributed by atoms with E-state index in [0.717, 1.165) is 5.56 Å². The molecule has 130 valence electrons. The quantitative estimate of drug-likeness (QED) is 0.745. The molecule has 1 aromatic heterocycles. The van der Waals surface area contributed by atoms with Crippen LogP contribution in [0.15, 0.2) is 47.3 Å². The van der Waals surface area contributed by atoms with Crippen molar-refractivity contribution >= 4 is 10.9 Å². The highest BCUT2D eigenvalue weighted by Gasteiger charge is 2.16. The third-order valence-electron chi connectivity index (χ3n) is 4.22. The SMILES string of the molecule is COc1ccc([C@H](C)N[C@H](C)c2nc3ccccc3c(=O)[nH]2)cc1F. The van der Waals surface area contributed by atoms with Crippen LogP contribution in [0, 0.1) is 5.82 Å². The van der Waals surface area contributed by atoms with Crippen LogP contribution in [0.1, 0.15) is 37.3 Å². The molecule has 0 aliphatic rings. The molecule has 0 saturated heterocycles. The van der Waals surface area contributed by atoms with Gasteiger partial charge in [0.1, 0.15) is 5.82 Å². The van der Waals surface area contributed by atoms with Crippen molar-refractivity contribution in [1.82, 2.24) is 15.3 Å². The molecule has 6 heteroatoms. The van der Waals surface area contributed by atoms with E-state index in [2.05, 4.69) is 15.3 Å². The number of aromatic nitrogens is 2. The van der Waals surface area contributed by atoms with Crippen molar-refractivity contribution in [3.63, 3.8) is 0 Å². The maximum Gasteiger partial charge on any atom is 0.258 e. The molecule has 2 aromatic carbocycles. The summed E-state index contributed by atoms with van der Waals surface area (Å²) in [6, 6.07) is 11.7. The third kappa shape index (κ3) is 3.53. The van der Waals surface area contributed by atoms with Gasteiger partial charge in [0.2, 0.25) is 0 Å². The normalized spacial score (nSPS) is 13.6. The summed E-state index contributed by atoms with van der Waals surface area (Å²) in [5.41, 5.74) is 1.27. The molecular weight excluding hydrogens is 321 g/mol. The van der Waals surface area contributed by atoms with Crippen LogP contribution >= 0.6 is 0 Å². The summed E-state index contributed by atoms with van der Waals surface area (Å²) in [6.45, 7) is 3.83. The summed E-state index contributed by atoms with van der Waals surface area (Å²) in [6.07, 6.45) is 0. The van der Waals surface area contributed by atoms with E-state index in [1.54, 1.807) is 18.2 Å². The topological polar surface area (TPSA) is 67.0 Å². The highest BCUT2D eigenvalue weighted by molar-refractivity contribution is 5.77. The Bertz CT molecular complexity index is 955. The van der Waals surface area contributed by atoms with E-state index in [0.29, 0.717) is 16.7 Å². The molecule has 25 heavy (non-hydrogen) atoms. The van der Waals surface area contributed by atoms with Gasteiger partial charge in [-0.2, -0.15) is 0 Å². The number of nitrogens with one attached hydrogen (secondary N) is 2. The number of aromatic amines is 1. The Labute approximate surface area is 144 Å². The number of nitrogens with zero attached hydrogens (tertiary/aromatic N) is 1. The first-order chi connectivity index (χ1) is 12.0. The van der Waals surface area contributed by atoms with Gasteiger partial charge in [-0.25, -0.2) is 9.37 Å². The fourth-order valence-corrected chi connectivity index (χ4v) is 2.81. The molecule has 0 spiro atoms. The van der Waals surface area contributed by atoms with Gasteiger partial charge in [-0.05, 0) is 43.7 Å². The monoisotopic (exact) mass is 341 g/mol. The summed E-state index contributed by atoms with van der Waals surface area (Å²) in [5, 5.41) is 3.89. The van der Waals surface area contributed by atoms with Crippen LogP contribution in [0.4, 0.5) is 4.39 Å². The van der Waals surface area contributed by atoms with Crippen LogP contribution in [0.25, 0.3) is 10.9 Å². The second-order valence-electron chi connectivity index (χ2n) is 5.97. The lowest BCUT2D eigenvalue weighted by atomic mass is 10.1. The molecule has 0 amide bonds. The minimum Gasteiger partial charge on any atom is -0.494 e. The van der Waals surface area contributed by atoms with E-state index in [1.165, 1.54) is 13.2 Å². The lowest BCUT2D eigenvalue weighted by Gasteiger charge is -2.20. The standard InChI is InChI=1S/C19H20FN3O2/c1-11(13-8-9-17(25-3)15(20)10-13)21-12(2)18-22-16-7-5-4-6-14(16)19(24)23-18/h4-12,21H,1-3H3,(H,22,23,24)/t11-,12+/m0/s1. The molecule has 0 fully saturated rings. The lowest BCUT2D eigenvalue weighted by Crippen LogP contribution is -2.26. The van der Waals surface area contributed by atoms with Gasteiger partial charge >= 0.3 is 0 Å². The summed E-state index contributed by atoms with van der Waals surface area (Å²) >= 11 is 0. The van der Waals surface area contributed by atoms with Gasteiger partial charge in [0.25, 0.3) is 5.56 Å². The number of ether oxygens (including phenoxy) is 1. The molecule has 2 N–H and O–H groups in total. The highest BCUT2D eigenvalue weighted by atomic mass is 19.1. The second-order valence-corrected chi connectivity index (χ2v) is 5.97. The summed E-state index contributed by atoms with van der Waals surface area (Å²) in [7, 11) is 1.43. The van der Waals surface area contributed by atoms with Crippen molar-refractivity contribution in [1.29, 1.82) is 0 Å². The zero-order valence-electron chi connectivity index (χ0n) is 14.3. The number of benzene rings is 2. The van der Waals surface area contributed by atoms with Crippen LogP contribution in [-0.4, -0.2) is 17.1 Å². The smallest absolute Gasteiger partial charge is 0.258 e. The second kappa shape index (κ2) is 7.03. The van der Waals surface area contributed by atoms with Gasteiger partial charge in [-0.15, -0.1) is 0 Å². The number of hydrogen-bond acceptors (Lipinski definition) is 4. The van der Waals surface area contributed by atoms with Gasteiger partial charge in [0.15, 0.2) is 11.6 Å². The number of para-hydroxylation sites is 1. The zero-order valence-corrected chi connectivity index (χ0v) is 14.3. The van der Waals surface area contributed by atoms with Crippen LogP contribution in [-0.2, 0) is 0 Å². The molecule has 1 heterocycles. The molecule has 3 aromatic rings. The molecular formula is C19H20FN3O2. The Morgan fingerprint density at radius 3 is 2.64 bits per heavy atom. The van der Waals surface area contributed by atoms with E-state index in [1.807, 2.05) is 32.0 Å². The van der Waals surface area contributed by atoms with Gasteiger partial charge in [0.05, 0.1) is 24.1 Å². The fourth-order valence-electron chi connectivity index (χ4n) is 2.81. The van der Waals surface area contributed by atoms with Crippen molar-refractivity contribution in [2.45, 2.75) is 25.9 Å². The minimum atomic E-state index is -0.404. The Balaban J connectivity index is 1.83. The third-order valence-corrected chi connectivity index (χ3v) is 4.22. The molecule has 0 bridgehead atoms. The van der Waals surface area contributed by atoms with E-state index in [9.17, 15) is 9.18 Å². The molecule has 0 radical (unpaired) electrons. The van der Waals surface area contributed by atoms with Crippen molar-refractivity contribution in [3.05, 3.63) is 70.0 Å². The first kappa shape index (κ1) is 17.1. The van der Waals surface area contributed by atoms with Gasteiger partial charge < -0.3 is 15.0 Å². The van der Waals surface area contributed by atoms with Crippen molar-refractivity contribution < 1.29 is 9.13 Å². The van der Waals surface area contributed by atoms with E-state index in [-0.39, 0.29) is 23.4 Å². The number of methoxy groups -OCH3 is 1. The molecule has 2 atom stereocenters. The van der Waals surface area contributed by atoms with Crippen molar-refractivity contribution in [3.8, 4) is 5.75 Å². The van der Waals surface area contributed by atoms with Gasteiger partial charge in [-0.3, -0.25) is 4.79 Å². The average Bonchev–Trinajstić information content (AvgIpc) is 2.61. The van der Waals surface area contributed by atoms with Crippen LogP contribution in [0.3, 0.4) is 0 Å². The highest BCUT2D eigenvalue weighted by Crippen LogP contribution is 2.23. The predicted molar refractivity (Wildman–Crippen MR) is 95.3 cm³/mol. The van der Waals surface area contributed by atoms with E-state index >= 15 is 0 Å². The maximum absolute atomic E-state index is 13.9. The molecule has 0 aliphatic carbocycles. The Hall–Kier alpha value is -2.73.